The summed E-state index contributed by atoms with van der Waals surface area (Å²) in [6, 6.07) is 15.9. The number of ether oxygens (including phenoxy) is 2. The van der Waals surface area contributed by atoms with E-state index in [1.54, 1.807) is 30.5 Å². The number of halogens is 2. The van der Waals surface area contributed by atoms with Crippen molar-refractivity contribution >= 4 is 45.7 Å². The normalized spacial score (nSPS) is 17.0. The fourth-order valence-corrected chi connectivity index (χ4v) is 6.52. The predicted molar refractivity (Wildman–Crippen MR) is 181 cm³/mol. The molecule has 4 aromatic heterocycles. The van der Waals surface area contributed by atoms with Crippen LogP contribution >= 0.6 is 11.6 Å². The Morgan fingerprint density at radius 1 is 1.06 bits per heavy atom. The Hall–Kier alpha value is -4.98. The summed E-state index contributed by atoms with van der Waals surface area (Å²) >= 11 is 5.87. The summed E-state index contributed by atoms with van der Waals surface area (Å²) < 4.78 is 28.1. The molecule has 250 valence electrons. The van der Waals surface area contributed by atoms with Gasteiger partial charge in [0.2, 0.25) is 11.8 Å². The monoisotopic (exact) mass is 681 g/mol. The van der Waals surface area contributed by atoms with Crippen molar-refractivity contribution in [1.82, 2.24) is 39.4 Å². The molecule has 0 unspecified atom stereocenters. The van der Waals surface area contributed by atoms with Crippen molar-refractivity contribution in [3.8, 4) is 5.88 Å². The molecule has 8 rings (SSSR count). The summed E-state index contributed by atoms with van der Waals surface area (Å²) in [4.78, 5) is 40.9. The second-order valence-electron chi connectivity index (χ2n) is 12.4. The van der Waals surface area contributed by atoms with Crippen LogP contribution in [0.4, 0.5) is 10.3 Å². The molecule has 0 radical (unpaired) electrons. The number of imidazole rings is 2. The van der Waals surface area contributed by atoms with Crippen LogP contribution in [-0.4, -0.2) is 71.1 Å². The summed E-state index contributed by atoms with van der Waals surface area (Å²) in [7, 11) is 0. The third-order valence-electron chi connectivity index (χ3n) is 9.18. The third kappa shape index (κ3) is 6.82. The summed E-state index contributed by atoms with van der Waals surface area (Å²) in [5, 5.41) is 3.12. The zero-order valence-corrected chi connectivity index (χ0v) is 27.2. The number of likely N-dealkylation sites (tertiary alicyclic amines) is 1. The first-order valence-electron chi connectivity index (χ1n) is 16.3. The largest absolute Gasteiger partial charge is 0.473 e. The highest BCUT2D eigenvalue weighted by molar-refractivity contribution is 6.30. The molecule has 1 amide bonds. The number of amides is 1. The van der Waals surface area contributed by atoms with Gasteiger partial charge in [-0.3, -0.25) is 15.0 Å². The summed E-state index contributed by atoms with van der Waals surface area (Å²) in [6.45, 7) is 4.00. The minimum Gasteiger partial charge on any atom is -0.473 e. The highest BCUT2D eigenvalue weighted by Crippen LogP contribution is 2.30. The number of pyridine rings is 1. The van der Waals surface area contributed by atoms with E-state index in [0.717, 1.165) is 61.5 Å². The van der Waals surface area contributed by atoms with Crippen LogP contribution in [0.5, 0.6) is 5.88 Å². The van der Waals surface area contributed by atoms with Gasteiger partial charge in [-0.25, -0.2) is 24.3 Å². The first kappa shape index (κ1) is 31.3. The first-order chi connectivity index (χ1) is 23.9. The average molecular weight is 682 g/mol. The van der Waals surface area contributed by atoms with E-state index in [9.17, 15) is 9.18 Å². The molecule has 2 N–H and O–H groups in total. The minimum absolute atomic E-state index is 0.0768. The maximum atomic E-state index is 14.2. The van der Waals surface area contributed by atoms with Crippen LogP contribution in [0.15, 0.2) is 67.1 Å². The number of carbonyl (C=O) groups excluding carboxylic acids is 1. The van der Waals surface area contributed by atoms with E-state index < -0.39 is 5.82 Å². The van der Waals surface area contributed by atoms with Gasteiger partial charge in [-0.05, 0) is 68.8 Å². The van der Waals surface area contributed by atoms with Crippen molar-refractivity contribution in [2.24, 2.45) is 0 Å². The third-order valence-corrected chi connectivity index (χ3v) is 9.41. The van der Waals surface area contributed by atoms with Gasteiger partial charge in [0.05, 0.1) is 42.8 Å². The summed E-state index contributed by atoms with van der Waals surface area (Å²) in [6.07, 6.45) is 6.15. The van der Waals surface area contributed by atoms with Crippen LogP contribution < -0.4 is 10.1 Å². The van der Waals surface area contributed by atoms with Crippen LogP contribution in [0.2, 0.25) is 5.02 Å². The predicted octanol–water partition coefficient (Wildman–Crippen LogP) is 5.89. The average Bonchev–Trinajstić information content (AvgIpc) is 3.70. The summed E-state index contributed by atoms with van der Waals surface area (Å²) in [5.74, 6) is 1.16. The highest BCUT2D eigenvalue weighted by atomic mass is 35.5. The SMILES string of the molecule is O=C(Nc1ncc2[nH]cnc2n1)c1ccc2c(c1)nc(CN1CCC(c3cccc(OCc4ccc(Cl)cc4F)n3)CC1)n2C[C@@H]1CCO1. The number of H-pyrrole nitrogens is 1. The van der Waals surface area contributed by atoms with Crippen LogP contribution in [-0.2, 0) is 24.4 Å². The van der Waals surface area contributed by atoms with Gasteiger partial charge in [-0.2, -0.15) is 4.98 Å². The second kappa shape index (κ2) is 13.5. The van der Waals surface area contributed by atoms with Crippen LogP contribution in [0.3, 0.4) is 0 Å². The van der Waals surface area contributed by atoms with Crippen LogP contribution in [0.1, 0.15) is 52.6 Å². The molecule has 2 aliphatic rings. The van der Waals surface area contributed by atoms with Crippen molar-refractivity contribution in [1.29, 1.82) is 0 Å². The smallest absolute Gasteiger partial charge is 0.258 e. The Balaban J connectivity index is 0.936. The lowest BCUT2D eigenvalue weighted by atomic mass is 9.93. The standard InChI is InChI=1S/C35H33ClFN9O3/c36-24-6-4-23(26(37)15-24)19-49-32-3-1-2-27(42-32)21-8-11-45(12-9-21)18-31-41-28-14-22(5-7-30(28)46(31)17-25-10-13-48-25)34(47)44-35-38-16-29-33(43-35)40-20-39-29/h1-7,14-16,20-21,25H,8-13,17-19H2,(H2,38,39,40,43,44,47)/t25-/m0/s1. The lowest BCUT2D eigenvalue weighted by molar-refractivity contribution is -0.0592. The number of rotatable bonds is 10. The fourth-order valence-electron chi connectivity index (χ4n) is 6.36. The molecule has 6 heterocycles. The Kier molecular flexibility index (Phi) is 8.62. The Morgan fingerprint density at radius 2 is 1.94 bits per heavy atom. The molecule has 14 heteroatoms. The number of anilines is 1. The van der Waals surface area contributed by atoms with Crippen molar-refractivity contribution in [2.45, 2.75) is 51.0 Å². The van der Waals surface area contributed by atoms with E-state index in [1.807, 2.05) is 24.3 Å². The van der Waals surface area contributed by atoms with E-state index in [0.29, 0.717) is 46.3 Å². The number of benzene rings is 2. The first-order valence-corrected chi connectivity index (χ1v) is 16.7. The lowest BCUT2D eigenvalue weighted by Crippen LogP contribution is -2.35. The Bertz CT molecular complexity index is 2140. The maximum Gasteiger partial charge on any atom is 0.258 e. The topological polar surface area (TPSA) is 136 Å². The number of aromatic amines is 1. The van der Waals surface area contributed by atoms with E-state index in [-0.39, 0.29) is 30.5 Å². The number of hydrogen-bond donors (Lipinski definition) is 2. The van der Waals surface area contributed by atoms with Gasteiger partial charge in [0.25, 0.3) is 5.91 Å². The number of nitrogens with one attached hydrogen (secondary N) is 2. The van der Waals surface area contributed by atoms with Crippen molar-refractivity contribution < 1.29 is 18.7 Å². The van der Waals surface area contributed by atoms with E-state index in [1.165, 1.54) is 12.4 Å². The Morgan fingerprint density at radius 3 is 2.76 bits per heavy atom. The number of piperidine rings is 1. The molecule has 2 aromatic carbocycles. The highest BCUT2D eigenvalue weighted by Gasteiger charge is 2.26. The molecule has 6 aromatic rings. The van der Waals surface area contributed by atoms with Gasteiger partial charge in [0.15, 0.2) is 5.65 Å². The number of hydrogen-bond acceptors (Lipinski definition) is 9. The Labute approximate surface area is 285 Å². The van der Waals surface area contributed by atoms with Crippen molar-refractivity contribution in [3.05, 3.63) is 101 Å². The summed E-state index contributed by atoms with van der Waals surface area (Å²) in [5.41, 5.74) is 4.75. The van der Waals surface area contributed by atoms with Gasteiger partial charge < -0.3 is 19.0 Å². The second-order valence-corrected chi connectivity index (χ2v) is 12.8. The molecule has 2 aliphatic heterocycles. The fraction of sp³-hybridized carbons (Fsp3) is 0.314. The molecule has 0 saturated carbocycles. The molecule has 12 nitrogen and oxygen atoms in total. The van der Waals surface area contributed by atoms with Crippen molar-refractivity contribution in [2.75, 3.05) is 25.0 Å². The van der Waals surface area contributed by atoms with Crippen molar-refractivity contribution in [3.63, 3.8) is 0 Å². The molecule has 49 heavy (non-hydrogen) atoms. The zero-order valence-electron chi connectivity index (χ0n) is 26.5. The molecule has 2 saturated heterocycles. The van der Waals surface area contributed by atoms with E-state index in [2.05, 4.69) is 34.7 Å². The quantitative estimate of drug-likeness (QED) is 0.181. The van der Waals surface area contributed by atoms with Gasteiger partial charge >= 0.3 is 0 Å². The van der Waals surface area contributed by atoms with Gasteiger partial charge in [0.1, 0.15) is 23.8 Å². The van der Waals surface area contributed by atoms with Gasteiger partial charge in [-0.1, -0.05) is 23.7 Å². The van der Waals surface area contributed by atoms with Gasteiger partial charge in [-0.15, -0.1) is 0 Å². The minimum atomic E-state index is -0.398. The van der Waals surface area contributed by atoms with E-state index >= 15 is 0 Å². The molecule has 0 spiro atoms. The maximum absolute atomic E-state index is 14.2. The number of nitrogens with zero attached hydrogens (tertiary/aromatic N) is 7. The van der Waals surface area contributed by atoms with Crippen LogP contribution in [0.25, 0.3) is 22.2 Å². The zero-order chi connectivity index (χ0) is 33.3. The van der Waals surface area contributed by atoms with Crippen LogP contribution in [0, 0.1) is 5.82 Å². The molecule has 0 bridgehead atoms. The number of carbonyl (C=O) groups is 1. The number of fused-ring (bicyclic) bond motifs is 2. The molecule has 1 atom stereocenters. The lowest BCUT2D eigenvalue weighted by Gasteiger charge is -2.32. The van der Waals surface area contributed by atoms with Gasteiger partial charge in [0, 0.05) is 40.4 Å². The number of aromatic nitrogens is 7. The molecule has 2 fully saturated rings. The van der Waals surface area contributed by atoms with E-state index in [4.69, 9.17) is 31.0 Å². The molecular weight excluding hydrogens is 649 g/mol. The molecule has 0 aliphatic carbocycles. The molecular formula is C35H33ClFN9O3.